The summed E-state index contributed by atoms with van der Waals surface area (Å²) in [4.78, 5) is 31.8. The number of hydrogen-bond donors (Lipinski definition) is 2. The normalized spacial score (nSPS) is 17.1. The van der Waals surface area contributed by atoms with Crippen molar-refractivity contribution in [1.82, 2.24) is 39.0 Å². The van der Waals surface area contributed by atoms with Crippen LogP contribution < -0.4 is 9.80 Å². The Morgan fingerprint density at radius 2 is 0.976 bits per heavy atom. The zero-order chi connectivity index (χ0) is 29.8. The van der Waals surface area contributed by atoms with Gasteiger partial charge in [0.1, 0.15) is 22.9 Å². The Balaban J connectivity index is 1.47. The number of aromatic nitrogens is 8. The van der Waals surface area contributed by atoms with Gasteiger partial charge < -0.3 is 38.6 Å². The molecule has 0 bridgehead atoms. The molecule has 0 radical (unpaired) electrons. The summed E-state index contributed by atoms with van der Waals surface area (Å²) in [6.45, 7) is 12.1. The molecule has 2 fully saturated rings. The monoisotopic (exact) mass is 620 g/mol. The average Bonchev–Trinajstić information content (AvgIpc) is 3.50. The molecule has 0 atom stereocenters. The van der Waals surface area contributed by atoms with Crippen LogP contribution in [0.1, 0.15) is 39.3 Å². The third-order valence-corrected chi connectivity index (χ3v) is 7.70. The minimum Gasteiger partial charge on any atom is -0.383 e. The van der Waals surface area contributed by atoms with Gasteiger partial charge in [-0.3, -0.25) is 0 Å². The summed E-state index contributed by atoms with van der Waals surface area (Å²) < 4.78 is 14.7. The predicted octanol–water partition coefficient (Wildman–Crippen LogP) is 2.10. The third kappa shape index (κ3) is 5.47. The van der Waals surface area contributed by atoms with Crippen LogP contribution in [0, 0.1) is 0 Å². The fraction of sp³-hybridized carbons (Fsp3) is 0.615. The van der Waals surface area contributed by atoms with E-state index in [9.17, 15) is 10.2 Å². The molecule has 4 aromatic rings. The van der Waals surface area contributed by atoms with Crippen LogP contribution in [0.3, 0.4) is 0 Å². The molecule has 2 aliphatic rings. The van der Waals surface area contributed by atoms with Gasteiger partial charge in [-0.15, -0.1) is 0 Å². The van der Waals surface area contributed by atoms with Crippen LogP contribution in [0.5, 0.6) is 0 Å². The average molecular weight is 622 g/mol. The van der Waals surface area contributed by atoms with Crippen molar-refractivity contribution in [3.8, 4) is 0 Å². The molecule has 2 aliphatic heterocycles. The Bertz CT molecular complexity index is 1500. The number of aryl methyl sites for hydroxylation is 2. The van der Waals surface area contributed by atoms with Crippen molar-refractivity contribution in [2.24, 2.45) is 0 Å². The summed E-state index contributed by atoms with van der Waals surface area (Å²) in [6, 6.07) is 0. The van der Waals surface area contributed by atoms with E-state index >= 15 is 0 Å². The van der Waals surface area contributed by atoms with Gasteiger partial charge in [-0.2, -0.15) is 19.9 Å². The van der Waals surface area contributed by atoms with Crippen LogP contribution in [0.15, 0.2) is 0 Å². The molecule has 2 saturated heterocycles. The van der Waals surface area contributed by atoms with E-state index in [1.165, 1.54) is 0 Å². The molecule has 0 aromatic carbocycles. The van der Waals surface area contributed by atoms with Crippen LogP contribution >= 0.6 is 23.2 Å². The van der Waals surface area contributed by atoms with Gasteiger partial charge in [0.25, 0.3) is 0 Å². The number of fused-ring (bicyclic) bond motifs is 2. The van der Waals surface area contributed by atoms with Crippen molar-refractivity contribution in [1.29, 1.82) is 0 Å². The molecule has 4 aromatic heterocycles. The van der Waals surface area contributed by atoms with Gasteiger partial charge >= 0.3 is 0 Å². The number of hydrogen-bond acceptors (Lipinski definition) is 12. The molecule has 0 amide bonds. The Morgan fingerprint density at radius 3 is 1.31 bits per heavy atom. The maximum atomic E-state index is 11.2. The lowest BCUT2D eigenvalue weighted by atomic mass is 10.1. The number of halogens is 2. The lowest BCUT2D eigenvalue weighted by Gasteiger charge is -2.27. The van der Waals surface area contributed by atoms with Gasteiger partial charge in [-0.05, 0) is 50.9 Å². The van der Waals surface area contributed by atoms with E-state index in [4.69, 9.17) is 42.6 Å². The maximum absolute atomic E-state index is 11.2. The van der Waals surface area contributed by atoms with Gasteiger partial charge in [0.05, 0.1) is 26.4 Å². The first kappa shape index (κ1) is 29.2. The molecule has 0 saturated carbocycles. The summed E-state index contributed by atoms with van der Waals surface area (Å²) >= 11 is 12.9. The third-order valence-electron chi connectivity index (χ3n) is 7.36. The first-order chi connectivity index (χ1) is 19.9. The topological polar surface area (TPSA) is 153 Å². The molecule has 6 rings (SSSR count). The van der Waals surface area contributed by atoms with Gasteiger partial charge in [-0.1, -0.05) is 0 Å². The molecular formula is C26H34Cl2N10O4. The van der Waals surface area contributed by atoms with Crippen LogP contribution in [0.2, 0.25) is 10.6 Å². The molecule has 16 heteroatoms. The largest absolute Gasteiger partial charge is 0.383 e. The van der Waals surface area contributed by atoms with Crippen LogP contribution in [0.25, 0.3) is 22.3 Å². The quantitative estimate of drug-likeness (QED) is 0.291. The standard InChI is InChI=1S/C26H34Cl2N10O4/c1-25(2,39)21-29-15-17(35-7-11-41-12-8-35)31-23(27)33-19(15)37(21)5-6-38-20-16(30-22(38)26(3,4)40)18(32-24(28)34-20)36-9-13-42-14-10-36/h39-40H,5-14H2,1-4H3. The molecular weight excluding hydrogens is 587 g/mol. The van der Waals surface area contributed by atoms with Crippen molar-refractivity contribution in [2.45, 2.75) is 52.0 Å². The number of ether oxygens (including phenoxy) is 2. The van der Waals surface area contributed by atoms with Gasteiger partial charge in [0.15, 0.2) is 34.0 Å². The summed E-state index contributed by atoms with van der Waals surface area (Å²) in [6.07, 6.45) is 0. The highest BCUT2D eigenvalue weighted by Gasteiger charge is 2.32. The highest BCUT2D eigenvalue weighted by atomic mass is 35.5. The first-order valence-electron chi connectivity index (χ1n) is 13.9. The van der Waals surface area contributed by atoms with Gasteiger partial charge in [-0.25, -0.2) is 9.97 Å². The van der Waals surface area contributed by atoms with E-state index in [0.717, 1.165) is 0 Å². The number of morpholine rings is 2. The SMILES string of the molecule is CC(C)(O)c1nc2c(N3CCOCC3)nc(Cl)nc2n1CCn1c(C(C)(C)O)nc2c(N3CCOCC3)nc(Cl)nc21. The number of rotatable bonds is 7. The maximum Gasteiger partial charge on any atom is 0.226 e. The van der Waals surface area contributed by atoms with E-state index in [2.05, 4.69) is 29.7 Å². The van der Waals surface area contributed by atoms with E-state index in [-0.39, 0.29) is 10.6 Å². The molecule has 6 heterocycles. The Kier molecular flexibility index (Phi) is 7.64. The molecule has 0 unspecified atom stereocenters. The lowest BCUT2D eigenvalue weighted by molar-refractivity contribution is 0.0618. The minimum absolute atomic E-state index is 0.0763. The molecule has 14 nitrogen and oxygen atoms in total. The number of nitrogens with zero attached hydrogens (tertiary/aromatic N) is 10. The van der Waals surface area contributed by atoms with Crippen molar-refractivity contribution in [2.75, 3.05) is 62.4 Å². The van der Waals surface area contributed by atoms with E-state index in [0.29, 0.717) is 111 Å². The van der Waals surface area contributed by atoms with E-state index < -0.39 is 11.2 Å². The molecule has 226 valence electrons. The lowest BCUT2D eigenvalue weighted by Crippen LogP contribution is -2.37. The zero-order valence-electron chi connectivity index (χ0n) is 24.0. The zero-order valence-corrected chi connectivity index (χ0v) is 25.5. The van der Waals surface area contributed by atoms with Crippen molar-refractivity contribution in [3.05, 3.63) is 22.2 Å². The van der Waals surface area contributed by atoms with Crippen molar-refractivity contribution in [3.63, 3.8) is 0 Å². The van der Waals surface area contributed by atoms with Crippen LogP contribution in [-0.4, -0.2) is 102 Å². The van der Waals surface area contributed by atoms with Crippen molar-refractivity contribution >= 4 is 57.2 Å². The van der Waals surface area contributed by atoms with E-state index in [1.807, 2.05) is 9.13 Å². The van der Waals surface area contributed by atoms with Crippen LogP contribution in [-0.2, 0) is 33.8 Å². The molecule has 2 N–H and O–H groups in total. The fourth-order valence-corrected chi connectivity index (χ4v) is 5.79. The second-order valence-electron chi connectivity index (χ2n) is 11.5. The summed E-state index contributed by atoms with van der Waals surface area (Å²) in [5.74, 6) is 1.99. The Labute approximate surface area is 252 Å². The van der Waals surface area contributed by atoms with Crippen molar-refractivity contribution < 1.29 is 19.7 Å². The van der Waals surface area contributed by atoms with Gasteiger partial charge in [0, 0.05) is 39.3 Å². The number of imidazole rings is 2. The Hall–Kier alpha value is -2.88. The first-order valence-corrected chi connectivity index (χ1v) is 14.7. The second-order valence-corrected chi connectivity index (χ2v) is 12.1. The highest BCUT2D eigenvalue weighted by molar-refractivity contribution is 6.29. The second kappa shape index (κ2) is 11.0. The summed E-state index contributed by atoms with van der Waals surface area (Å²) in [5, 5.41) is 22.5. The number of anilines is 2. The molecule has 0 spiro atoms. The summed E-state index contributed by atoms with van der Waals surface area (Å²) in [5.41, 5.74) is -0.552. The molecule has 0 aliphatic carbocycles. The molecule has 42 heavy (non-hydrogen) atoms. The Morgan fingerprint density at radius 1 is 0.619 bits per heavy atom. The minimum atomic E-state index is -1.31. The van der Waals surface area contributed by atoms with Crippen LogP contribution in [0.4, 0.5) is 11.6 Å². The number of aliphatic hydroxyl groups is 2. The summed E-state index contributed by atoms with van der Waals surface area (Å²) in [7, 11) is 0. The fourth-order valence-electron chi connectivity index (χ4n) is 5.47. The predicted molar refractivity (Wildman–Crippen MR) is 157 cm³/mol. The smallest absolute Gasteiger partial charge is 0.226 e. The van der Waals surface area contributed by atoms with Gasteiger partial charge in [0.2, 0.25) is 10.6 Å². The highest BCUT2D eigenvalue weighted by Crippen LogP contribution is 2.33. The van der Waals surface area contributed by atoms with E-state index in [1.54, 1.807) is 27.7 Å².